The number of hydrogen-bond donors (Lipinski definition) is 9. The van der Waals surface area contributed by atoms with E-state index in [1.165, 1.54) is 51.4 Å². The summed E-state index contributed by atoms with van der Waals surface area (Å²) in [5, 5.41) is 85.3. The molecule has 12 unspecified atom stereocenters. The van der Waals surface area contributed by atoms with E-state index in [2.05, 4.69) is 36.5 Å². The number of unbranched alkanes of at least 4 members (excludes halogenated alkanes) is 10. The molecular weight excluding hydrogens is 690 g/mol. The van der Waals surface area contributed by atoms with Gasteiger partial charge in [-0.1, -0.05) is 95.2 Å². The van der Waals surface area contributed by atoms with Gasteiger partial charge in [0.1, 0.15) is 48.8 Å². The van der Waals surface area contributed by atoms with Gasteiger partial charge in [0.2, 0.25) is 5.91 Å². The first-order valence-electron chi connectivity index (χ1n) is 19.7. The molecule has 0 radical (unpaired) electrons. The number of carbonyl (C=O) groups excluding carboxylic acids is 1. The molecule has 0 aliphatic carbocycles. The van der Waals surface area contributed by atoms with E-state index >= 15 is 0 Å². The minimum Gasteiger partial charge on any atom is -0.394 e. The second-order valence-electron chi connectivity index (χ2n) is 14.0. The molecule has 2 saturated heterocycles. The van der Waals surface area contributed by atoms with Gasteiger partial charge in [0.25, 0.3) is 0 Å². The molecule has 0 spiro atoms. The van der Waals surface area contributed by atoms with Crippen LogP contribution in [0.2, 0.25) is 0 Å². The molecule has 14 heteroatoms. The number of carbonyl (C=O) groups is 1. The van der Waals surface area contributed by atoms with Gasteiger partial charge in [-0.05, 0) is 44.9 Å². The molecule has 2 fully saturated rings. The van der Waals surface area contributed by atoms with Crippen molar-refractivity contribution in [1.29, 1.82) is 0 Å². The predicted molar refractivity (Wildman–Crippen MR) is 198 cm³/mol. The molecule has 0 saturated carbocycles. The second-order valence-corrected chi connectivity index (χ2v) is 14.0. The Hall–Kier alpha value is -1.79. The lowest BCUT2D eigenvalue weighted by Crippen LogP contribution is -2.65. The zero-order valence-electron chi connectivity index (χ0n) is 31.7. The molecule has 2 aliphatic heterocycles. The third-order valence-corrected chi connectivity index (χ3v) is 9.53. The van der Waals surface area contributed by atoms with Crippen molar-refractivity contribution in [2.24, 2.45) is 0 Å². The minimum absolute atomic E-state index is 0.219. The summed E-state index contributed by atoms with van der Waals surface area (Å²) in [7, 11) is 0. The second kappa shape index (κ2) is 27.7. The average Bonchev–Trinajstić information content (AvgIpc) is 3.15. The van der Waals surface area contributed by atoms with Crippen LogP contribution in [0.15, 0.2) is 36.5 Å². The van der Waals surface area contributed by atoms with Crippen LogP contribution in [0.3, 0.4) is 0 Å². The highest BCUT2D eigenvalue weighted by atomic mass is 16.7. The van der Waals surface area contributed by atoms with Gasteiger partial charge in [-0.25, -0.2) is 0 Å². The zero-order chi connectivity index (χ0) is 39.0. The van der Waals surface area contributed by atoms with E-state index in [0.29, 0.717) is 12.8 Å². The van der Waals surface area contributed by atoms with Crippen LogP contribution in [-0.2, 0) is 23.7 Å². The summed E-state index contributed by atoms with van der Waals surface area (Å²) >= 11 is 0. The normalized spacial score (nSPS) is 30.8. The third-order valence-electron chi connectivity index (χ3n) is 9.53. The van der Waals surface area contributed by atoms with Crippen molar-refractivity contribution in [3.05, 3.63) is 36.5 Å². The Morgan fingerprint density at radius 3 is 1.81 bits per heavy atom. The Morgan fingerprint density at radius 1 is 0.660 bits per heavy atom. The summed E-state index contributed by atoms with van der Waals surface area (Å²) in [5.74, 6) is -0.310. The van der Waals surface area contributed by atoms with Crippen molar-refractivity contribution < 1.29 is 64.6 Å². The molecule has 2 rings (SSSR count). The Balaban J connectivity index is 1.81. The lowest BCUT2D eigenvalue weighted by atomic mass is 9.97. The van der Waals surface area contributed by atoms with E-state index in [0.717, 1.165) is 25.7 Å². The molecule has 0 bridgehead atoms. The van der Waals surface area contributed by atoms with Crippen LogP contribution in [0.25, 0.3) is 0 Å². The topological polar surface area (TPSA) is 228 Å². The van der Waals surface area contributed by atoms with Crippen LogP contribution in [0.4, 0.5) is 0 Å². The van der Waals surface area contributed by atoms with E-state index in [9.17, 15) is 45.6 Å². The number of hydrogen-bond acceptors (Lipinski definition) is 13. The van der Waals surface area contributed by atoms with Gasteiger partial charge >= 0.3 is 0 Å². The fourth-order valence-corrected chi connectivity index (χ4v) is 6.25. The number of ether oxygens (including phenoxy) is 4. The smallest absolute Gasteiger partial charge is 0.220 e. The molecule has 0 aromatic rings. The van der Waals surface area contributed by atoms with Gasteiger partial charge < -0.3 is 65.1 Å². The largest absolute Gasteiger partial charge is 0.394 e. The van der Waals surface area contributed by atoms with E-state index in [1.54, 1.807) is 6.08 Å². The lowest BCUT2D eigenvalue weighted by Gasteiger charge is -2.46. The molecule has 14 nitrogen and oxygen atoms in total. The minimum atomic E-state index is -1.79. The van der Waals surface area contributed by atoms with Gasteiger partial charge in [0.15, 0.2) is 12.6 Å². The van der Waals surface area contributed by atoms with Crippen molar-refractivity contribution >= 4 is 5.91 Å². The van der Waals surface area contributed by atoms with Crippen molar-refractivity contribution in [3.63, 3.8) is 0 Å². The molecule has 53 heavy (non-hydrogen) atoms. The number of rotatable bonds is 27. The van der Waals surface area contributed by atoms with Gasteiger partial charge in [0.05, 0.1) is 32.0 Å². The standard InChI is InChI=1S/C39H69NO13/c1-3-5-6-7-8-9-10-11-12-13-14-15-16-17-18-19-20-21-23-28(43)27(40-31(44)22-4-2)26-50-38-36(49)34(47)37(30(25-42)52-38)53-39-35(48)33(46)32(45)29(24-41)51-39/h13-14,17-18,21,23,27-30,32-39,41-43,45-49H,3-12,15-16,19-20,22,24-26H2,1-2H3,(H,40,44)/b14-13+,18-17+,23-21+. The van der Waals surface area contributed by atoms with Crippen LogP contribution in [-0.4, -0.2) is 140 Å². The Kier molecular flexibility index (Phi) is 24.8. The van der Waals surface area contributed by atoms with E-state index in [4.69, 9.17) is 18.9 Å². The quantitative estimate of drug-likeness (QED) is 0.0432. The first-order valence-corrected chi connectivity index (χ1v) is 19.7. The number of allylic oxidation sites excluding steroid dienone is 5. The maximum absolute atomic E-state index is 12.4. The fourth-order valence-electron chi connectivity index (χ4n) is 6.25. The maximum Gasteiger partial charge on any atom is 0.220 e. The first-order chi connectivity index (χ1) is 25.6. The maximum atomic E-state index is 12.4. The average molecular weight is 760 g/mol. The molecular formula is C39H69NO13. The molecule has 2 aliphatic rings. The Labute approximate surface area is 315 Å². The molecule has 12 atom stereocenters. The zero-order valence-corrected chi connectivity index (χ0v) is 31.7. The van der Waals surface area contributed by atoms with Crippen LogP contribution < -0.4 is 5.32 Å². The van der Waals surface area contributed by atoms with Crippen LogP contribution in [0.1, 0.15) is 110 Å². The van der Waals surface area contributed by atoms with E-state index in [-0.39, 0.29) is 18.9 Å². The number of nitrogens with one attached hydrogen (secondary N) is 1. The number of aliphatic hydroxyl groups excluding tert-OH is 8. The van der Waals surface area contributed by atoms with E-state index < -0.39 is 86.8 Å². The van der Waals surface area contributed by atoms with Gasteiger partial charge in [-0.3, -0.25) is 4.79 Å². The Bertz CT molecular complexity index is 1040. The summed E-state index contributed by atoms with van der Waals surface area (Å²) in [5.41, 5.74) is 0. The summed E-state index contributed by atoms with van der Waals surface area (Å²) in [4.78, 5) is 12.4. The SMILES string of the molecule is CCCCCCCCCC/C=C/CC/C=C/CC/C=C/C(O)C(COC1OC(CO)C(OC2OC(CO)C(O)C(O)C2O)C(O)C1O)NC(=O)CCC. The Morgan fingerprint density at radius 2 is 1.21 bits per heavy atom. The first kappa shape index (κ1) is 47.4. The molecule has 9 N–H and O–H groups in total. The van der Waals surface area contributed by atoms with Crippen LogP contribution in [0, 0.1) is 0 Å². The van der Waals surface area contributed by atoms with Gasteiger partial charge in [-0.2, -0.15) is 0 Å². The monoisotopic (exact) mass is 759 g/mol. The highest BCUT2D eigenvalue weighted by Crippen LogP contribution is 2.29. The van der Waals surface area contributed by atoms with Crippen LogP contribution >= 0.6 is 0 Å². The van der Waals surface area contributed by atoms with Gasteiger partial charge in [0, 0.05) is 6.42 Å². The van der Waals surface area contributed by atoms with Crippen molar-refractivity contribution in [2.45, 2.75) is 184 Å². The molecule has 1 amide bonds. The van der Waals surface area contributed by atoms with Crippen molar-refractivity contribution in [3.8, 4) is 0 Å². The molecule has 308 valence electrons. The predicted octanol–water partition coefficient (Wildman–Crippen LogP) is 2.03. The van der Waals surface area contributed by atoms with Crippen LogP contribution in [0.5, 0.6) is 0 Å². The third kappa shape index (κ3) is 17.3. The summed E-state index contributed by atoms with van der Waals surface area (Å²) in [6, 6.07) is -0.929. The fraction of sp³-hybridized carbons (Fsp3) is 0.821. The number of amides is 1. The molecule has 0 aromatic heterocycles. The molecule has 2 heterocycles. The van der Waals surface area contributed by atoms with Gasteiger partial charge in [-0.15, -0.1) is 0 Å². The lowest BCUT2D eigenvalue weighted by molar-refractivity contribution is -0.359. The highest BCUT2D eigenvalue weighted by Gasteiger charge is 2.50. The molecule has 0 aromatic carbocycles. The summed E-state index contributed by atoms with van der Waals surface area (Å²) in [6.45, 7) is 2.33. The summed E-state index contributed by atoms with van der Waals surface area (Å²) in [6.07, 6.45) is 11.1. The van der Waals surface area contributed by atoms with Crippen molar-refractivity contribution in [2.75, 3.05) is 19.8 Å². The highest BCUT2D eigenvalue weighted by molar-refractivity contribution is 5.76. The number of aliphatic hydroxyl groups is 8. The van der Waals surface area contributed by atoms with E-state index in [1.807, 2.05) is 13.0 Å². The van der Waals surface area contributed by atoms with Crippen molar-refractivity contribution in [1.82, 2.24) is 5.32 Å². The summed E-state index contributed by atoms with van der Waals surface area (Å²) < 4.78 is 22.3.